The van der Waals surface area contributed by atoms with E-state index in [1.807, 2.05) is 0 Å². The summed E-state index contributed by atoms with van der Waals surface area (Å²) in [7, 11) is 0. The second kappa shape index (κ2) is 25.7. The molecule has 0 heteroatoms. The highest BCUT2D eigenvalue weighted by molar-refractivity contribution is 4.81. The zero-order valence-electron chi connectivity index (χ0n) is 18.8. The minimum Gasteiger partial charge on any atom is -0.0885 e. The summed E-state index contributed by atoms with van der Waals surface area (Å²) in [6, 6.07) is 0. The topological polar surface area (TPSA) is 0 Å². The minimum atomic E-state index is 1.11. The molecule has 0 saturated heterocycles. The Labute approximate surface area is 174 Å². The van der Waals surface area contributed by atoms with Gasteiger partial charge in [0.15, 0.2) is 0 Å². The van der Waals surface area contributed by atoms with Gasteiger partial charge in [-0.15, -0.1) is 0 Å². The molecule has 0 nitrogen and oxygen atoms in total. The smallest absolute Gasteiger partial charge is 0.0351 e. The Bertz CT molecular complexity index is 265. The zero-order chi connectivity index (χ0) is 19.7. The molecule has 0 saturated carbocycles. The van der Waals surface area contributed by atoms with Crippen molar-refractivity contribution in [1.82, 2.24) is 0 Å². The second-order valence-corrected chi connectivity index (χ2v) is 8.47. The molecule has 0 atom stereocenters. The maximum atomic E-state index is 3.91. The number of rotatable bonds is 23. The lowest BCUT2D eigenvalue weighted by Gasteiger charge is -2.02. The van der Waals surface area contributed by atoms with Crippen molar-refractivity contribution in [2.24, 2.45) is 0 Å². The van der Waals surface area contributed by atoms with Gasteiger partial charge in [-0.2, -0.15) is 0 Å². The molecular weight excluding hydrogens is 324 g/mol. The van der Waals surface area contributed by atoms with Gasteiger partial charge in [-0.05, 0) is 25.7 Å². The van der Waals surface area contributed by atoms with E-state index in [0.29, 0.717) is 0 Å². The highest BCUT2D eigenvalue weighted by atomic mass is 14.0. The summed E-state index contributed by atoms with van der Waals surface area (Å²) in [5.74, 6) is 0. The lowest BCUT2D eigenvalue weighted by Crippen LogP contribution is -1.82. The zero-order valence-corrected chi connectivity index (χ0v) is 18.8. The minimum absolute atomic E-state index is 1.11. The van der Waals surface area contributed by atoms with Crippen LogP contribution in [-0.4, -0.2) is 0 Å². The van der Waals surface area contributed by atoms with E-state index in [9.17, 15) is 0 Å². The molecule has 0 rings (SSSR count). The Morgan fingerprint density at radius 3 is 0.778 bits per heavy atom. The maximum absolute atomic E-state index is 3.91. The van der Waals surface area contributed by atoms with Crippen molar-refractivity contribution in [3.63, 3.8) is 0 Å². The van der Waals surface area contributed by atoms with E-state index in [4.69, 9.17) is 0 Å². The first-order valence-electron chi connectivity index (χ1n) is 12.6. The number of hydrogen-bond donors (Lipinski definition) is 0. The van der Waals surface area contributed by atoms with Crippen molar-refractivity contribution in [3.8, 4) is 0 Å². The van der Waals surface area contributed by atoms with E-state index in [0.717, 1.165) is 12.8 Å². The second-order valence-electron chi connectivity index (χ2n) is 8.47. The Balaban J connectivity index is 3.04. The van der Waals surface area contributed by atoms with Gasteiger partial charge in [0, 0.05) is 0 Å². The van der Waals surface area contributed by atoms with Crippen LogP contribution in [-0.2, 0) is 0 Å². The van der Waals surface area contributed by atoms with Gasteiger partial charge in [0.1, 0.15) is 0 Å². The fourth-order valence-electron chi connectivity index (χ4n) is 3.77. The van der Waals surface area contributed by atoms with E-state index >= 15 is 0 Å². The molecule has 0 aromatic heterocycles. The summed E-state index contributed by atoms with van der Waals surface area (Å²) in [6.45, 7) is 7.81. The summed E-state index contributed by atoms with van der Waals surface area (Å²) < 4.78 is 0. The van der Waals surface area contributed by atoms with Gasteiger partial charge in [0.25, 0.3) is 0 Å². The summed E-state index contributed by atoms with van der Waals surface area (Å²) in [6.07, 6.45) is 36.7. The number of allylic oxidation sites excluding steroid dienone is 2. The molecule has 0 bridgehead atoms. The first kappa shape index (κ1) is 26.7. The average Bonchev–Trinajstić information content (AvgIpc) is 2.68. The first-order chi connectivity index (χ1) is 13.4. The van der Waals surface area contributed by atoms with Gasteiger partial charge in [0.05, 0.1) is 0 Å². The third kappa shape index (κ3) is 25.7. The van der Waals surface area contributed by atoms with Gasteiger partial charge in [-0.3, -0.25) is 0 Å². The highest BCUT2D eigenvalue weighted by Crippen LogP contribution is 2.13. The van der Waals surface area contributed by atoms with Crippen LogP contribution < -0.4 is 0 Å². The van der Waals surface area contributed by atoms with Crippen LogP contribution in [0.1, 0.15) is 148 Å². The molecule has 27 heavy (non-hydrogen) atoms. The normalized spacial score (nSPS) is 11.6. The Morgan fingerprint density at radius 2 is 0.519 bits per heavy atom. The molecular formula is C27H52. The van der Waals surface area contributed by atoms with Gasteiger partial charge in [0.2, 0.25) is 0 Å². The fourth-order valence-corrected chi connectivity index (χ4v) is 3.77. The van der Waals surface area contributed by atoms with Gasteiger partial charge < -0.3 is 0 Å². The van der Waals surface area contributed by atoms with Crippen LogP contribution in [0.25, 0.3) is 0 Å². The van der Waals surface area contributed by atoms with Crippen LogP contribution in [0.15, 0.2) is 12.2 Å². The highest BCUT2D eigenvalue weighted by Gasteiger charge is 1.94. The summed E-state index contributed by atoms with van der Waals surface area (Å²) in [5, 5.41) is 0. The van der Waals surface area contributed by atoms with E-state index in [1.165, 1.54) is 135 Å². The van der Waals surface area contributed by atoms with Crippen LogP contribution in [0.2, 0.25) is 0 Å². The van der Waals surface area contributed by atoms with E-state index in [-0.39, 0.29) is 0 Å². The largest absolute Gasteiger partial charge is 0.0885 e. The molecule has 0 aliphatic heterocycles. The first-order valence-corrected chi connectivity index (χ1v) is 12.6. The quantitative estimate of drug-likeness (QED) is 0.123. The summed E-state index contributed by atoms with van der Waals surface area (Å²) >= 11 is 0. The molecule has 0 amide bonds. The molecule has 0 fully saturated rings. The molecule has 160 valence electrons. The molecule has 0 unspecified atom stereocenters. The van der Waals surface area contributed by atoms with Crippen molar-refractivity contribution in [1.29, 1.82) is 0 Å². The van der Waals surface area contributed by atoms with E-state index < -0.39 is 0 Å². The van der Waals surface area contributed by atoms with E-state index in [2.05, 4.69) is 26.0 Å². The van der Waals surface area contributed by atoms with Crippen molar-refractivity contribution < 1.29 is 0 Å². The van der Waals surface area contributed by atoms with Crippen molar-refractivity contribution in [2.75, 3.05) is 0 Å². The summed E-state index contributed by atoms with van der Waals surface area (Å²) in [5.41, 5.74) is 0. The molecule has 0 heterocycles. The Kier molecular flexibility index (Phi) is 25.5. The van der Waals surface area contributed by atoms with Crippen molar-refractivity contribution >= 4 is 0 Å². The van der Waals surface area contributed by atoms with Crippen LogP contribution in [0, 0.1) is 13.8 Å². The van der Waals surface area contributed by atoms with Crippen LogP contribution in [0.3, 0.4) is 0 Å². The van der Waals surface area contributed by atoms with Crippen LogP contribution >= 0.6 is 0 Å². The molecule has 0 aliphatic rings. The summed E-state index contributed by atoms with van der Waals surface area (Å²) in [4.78, 5) is 0. The van der Waals surface area contributed by atoms with Crippen LogP contribution in [0.4, 0.5) is 0 Å². The van der Waals surface area contributed by atoms with Gasteiger partial charge in [-0.25, -0.2) is 0 Å². The average molecular weight is 377 g/mol. The molecule has 0 spiro atoms. The molecule has 0 aromatic carbocycles. The number of unbranched alkanes of at least 4 members (excludes halogenated alkanes) is 21. The number of hydrogen-bond acceptors (Lipinski definition) is 0. The molecule has 2 radical (unpaired) electrons. The standard InChI is InChI=1S/C27H52/c1-3-5-7-9-11-13-15-17-19-21-23-25-27-26-24-22-20-18-16-14-12-10-8-6-4-2/h21,23H,1-20,22,24-27H2. The molecule has 0 N–H and O–H groups in total. The molecule has 0 aromatic rings. The van der Waals surface area contributed by atoms with Crippen molar-refractivity contribution in [2.45, 2.75) is 148 Å². The predicted octanol–water partition coefficient (Wildman–Crippen LogP) is 10.2. The molecule has 0 aliphatic carbocycles. The third-order valence-corrected chi connectivity index (χ3v) is 5.66. The lowest BCUT2D eigenvalue weighted by molar-refractivity contribution is 0.542. The lowest BCUT2D eigenvalue weighted by atomic mass is 10.0. The third-order valence-electron chi connectivity index (χ3n) is 5.66. The monoisotopic (exact) mass is 376 g/mol. The van der Waals surface area contributed by atoms with E-state index in [1.54, 1.807) is 0 Å². The fraction of sp³-hybridized carbons (Fsp3) is 0.852. The Hall–Kier alpha value is -0.260. The van der Waals surface area contributed by atoms with Gasteiger partial charge in [-0.1, -0.05) is 148 Å². The Morgan fingerprint density at radius 1 is 0.296 bits per heavy atom. The maximum Gasteiger partial charge on any atom is -0.0351 e. The van der Waals surface area contributed by atoms with Crippen LogP contribution in [0.5, 0.6) is 0 Å². The SMILES string of the molecule is [CH2]CCCCCCCCCC=CCCCCCCCCCCCCCC[CH2]. The van der Waals surface area contributed by atoms with Gasteiger partial charge >= 0.3 is 0 Å². The van der Waals surface area contributed by atoms with Crippen molar-refractivity contribution in [3.05, 3.63) is 26.0 Å². The predicted molar refractivity (Wildman–Crippen MR) is 126 cm³/mol.